The maximum Gasteiger partial charge on any atom is 0.207 e. The predicted molar refractivity (Wildman–Crippen MR) is 43.1 cm³/mol. The van der Waals surface area contributed by atoms with Crippen molar-refractivity contribution >= 4 is 12.2 Å². The van der Waals surface area contributed by atoms with Crippen LogP contribution in [0.15, 0.2) is 0 Å². The van der Waals surface area contributed by atoms with E-state index in [1.54, 1.807) is 0 Å². The van der Waals surface area contributed by atoms with E-state index in [2.05, 4.69) is 5.32 Å². The first-order chi connectivity index (χ1) is 4.95. The molecule has 11 heavy (non-hydrogen) atoms. The first-order valence-corrected chi connectivity index (χ1v) is 3.64. The molecule has 3 heteroatoms. The van der Waals surface area contributed by atoms with Gasteiger partial charge in [-0.2, -0.15) is 0 Å². The van der Waals surface area contributed by atoms with Gasteiger partial charge in [0.1, 0.15) is 0 Å². The van der Waals surface area contributed by atoms with E-state index < -0.39 is 0 Å². The quantitative estimate of drug-likeness (QED) is 0.612. The summed E-state index contributed by atoms with van der Waals surface area (Å²) in [5.74, 6) is 0.0737. The van der Waals surface area contributed by atoms with Crippen molar-refractivity contribution in [3.63, 3.8) is 0 Å². The molecular formula is C8H15NO2. The third-order valence-corrected chi connectivity index (χ3v) is 1.11. The highest BCUT2D eigenvalue weighted by Crippen LogP contribution is 2.17. The van der Waals surface area contributed by atoms with Gasteiger partial charge >= 0.3 is 0 Å². The van der Waals surface area contributed by atoms with Gasteiger partial charge < -0.3 is 5.32 Å². The third-order valence-electron chi connectivity index (χ3n) is 1.11. The molecule has 0 aromatic heterocycles. The molecule has 0 aliphatic heterocycles. The Labute approximate surface area is 67.2 Å². The van der Waals surface area contributed by atoms with Crippen molar-refractivity contribution < 1.29 is 9.59 Å². The van der Waals surface area contributed by atoms with Gasteiger partial charge in [-0.15, -0.1) is 0 Å². The molecule has 0 spiro atoms. The van der Waals surface area contributed by atoms with Gasteiger partial charge in [0.25, 0.3) is 0 Å². The van der Waals surface area contributed by atoms with Gasteiger partial charge in [-0.25, -0.2) is 0 Å². The first kappa shape index (κ1) is 10.1. The van der Waals surface area contributed by atoms with Gasteiger partial charge in [-0.1, -0.05) is 20.8 Å². The fraction of sp³-hybridized carbons (Fsp3) is 0.750. The van der Waals surface area contributed by atoms with E-state index in [0.29, 0.717) is 12.8 Å². The molecule has 0 aliphatic rings. The number of Topliss-reactive ketones (excluding diaryl/α,β-unsaturated/α-hetero) is 1. The Morgan fingerprint density at radius 3 is 2.36 bits per heavy atom. The fourth-order valence-electron chi connectivity index (χ4n) is 0.810. The second-order valence-corrected chi connectivity index (χ2v) is 3.77. The van der Waals surface area contributed by atoms with Gasteiger partial charge in [-0.05, 0) is 5.41 Å². The first-order valence-electron chi connectivity index (χ1n) is 3.64. The number of carbonyl (C=O) groups excluding carboxylic acids is 2. The highest BCUT2D eigenvalue weighted by Gasteiger charge is 2.14. The third kappa shape index (κ3) is 7.03. The molecule has 0 saturated carbocycles. The van der Waals surface area contributed by atoms with Crippen molar-refractivity contribution in [2.24, 2.45) is 5.41 Å². The van der Waals surface area contributed by atoms with Crippen molar-refractivity contribution in [3.05, 3.63) is 0 Å². The Balaban J connectivity index is 3.61. The van der Waals surface area contributed by atoms with Crippen molar-refractivity contribution in [2.45, 2.75) is 27.2 Å². The minimum atomic E-state index is 0.0155. The summed E-state index contributed by atoms with van der Waals surface area (Å²) in [6.45, 7) is 6.13. The number of rotatable bonds is 4. The Bertz CT molecular complexity index is 147. The maximum absolute atomic E-state index is 11.0. The van der Waals surface area contributed by atoms with Crippen LogP contribution in [0, 0.1) is 5.41 Å². The molecular weight excluding hydrogens is 142 g/mol. The van der Waals surface area contributed by atoms with Gasteiger partial charge in [0.15, 0.2) is 5.78 Å². The summed E-state index contributed by atoms with van der Waals surface area (Å²) in [7, 11) is 0. The van der Waals surface area contributed by atoms with Crippen molar-refractivity contribution in [2.75, 3.05) is 6.54 Å². The summed E-state index contributed by atoms with van der Waals surface area (Å²) < 4.78 is 0. The molecule has 0 fully saturated rings. The zero-order valence-electron chi connectivity index (χ0n) is 7.31. The lowest BCUT2D eigenvalue weighted by molar-refractivity contribution is -0.121. The summed E-state index contributed by atoms with van der Waals surface area (Å²) in [6.07, 6.45) is 1.05. The number of nitrogens with one attached hydrogen (secondary N) is 1. The van der Waals surface area contributed by atoms with Crippen molar-refractivity contribution in [1.82, 2.24) is 5.32 Å². The van der Waals surface area contributed by atoms with E-state index in [1.807, 2.05) is 20.8 Å². The molecule has 0 unspecified atom stereocenters. The summed E-state index contributed by atoms with van der Waals surface area (Å²) in [4.78, 5) is 20.8. The van der Waals surface area contributed by atoms with Crippen LogP contribution in [0.4, 0.5) is 0 Å². The molecule has 0 radical (unpaired) electrons. The monoisotopic (exact) mass is 157 g/mol. The van der Waals surface area contributed by atoms with Crippen LogP contribution in [-0.4, -0.2) is 18.7 Å². The lowest BCUT2D eigenvalue weighted by atomic mass is 9.90. The normalized spacial score (nSPS) is 10.8. The Kier molecular flexibility index (Phi) is 3.79. The Morgan fingerprint density at radius 1 is 1.45 bits per heavy atom. The molecule has 3 nitrogen and oxygen atoms in total. The van der Waals surface area contributed by atoms with E-state index >= 15 is 0 Å². The van der Waals surface area contributed by atoms with E-state index in [1.165, 1.54) is 0 Å². The van der Waals surface area contributed by atoms with Crippen LogP contribution >= 0.6 is 0 Å². The summed E-state index contributed by atoms with van der Waals surface area (Å²) in [6, 6.07) is 0. The predicted octanol–water partition coefficient (Wildman–Crippen LogP) is 0.738. The SMILES string of the molecule is CC(C)(C)CC(=O)CNC=O. The van der Waals surface area contributed by atoms with Crippen LogP contribution in [0.5, 0.6) is 0 Å². The van der Waals surface area contributed by atoms with Crippen LogP contribution in [0.25, 0.3) is 0 Å². The average molecular weight is 157 g/mol. The lowest BCUT2D eigenvalue weighted by Gasteiger charge is -2.16. The number of carbonyl (C=O) groups is 2. The van der Waals surface area contributed by atoms with Gasteiger partial charge in [-0.3, -0.25) is 9.59 Å². The number of hydrogen-bond donors (Lipinski definition) is 1. The number of hydrogen-bond acceptors (Lipinski definition) is 2. The summed E-state index contributed by atoms with van der Waals surface area (Å²) in [5.41, 5.74) is 0.0155. The highest BCUT2D eigenvalue weighted by atomic mass is 16.1. The van der Waals surface area contributed by atoms with Crippen LogP contribution in [0.1, 0.15) is 27.2 Å². The van der Waals surface area contributed by atoms with Gasteiger partial charge in [0.05, 0.1) is 6.54 Å². The molecule has 0 aliphatic carbocycles. The lowest BCUT2D eigenvalue weighted by Crippen LogP contribution is -2.24. The fourth-order valence-corrected chi connectivity index (χ4v) is 0.810. The minimum absolute atomic E-state index is 0.0155. The molecule has 0 rings (SSSR count). The van der Waals surface area contributed by atoms with Crippen LogP contribution in [0.3, 0.4) is 0 Å². The van der Waals surface area contributed by atoms with Crippen LogP contribution in [0.2, 0.25) is 0 Å². The highest BCUT2D eigenvalue weighted by molar-refractivity contribution is 5.82. The van der Waals surface area contributed by atoms with Gasteiger partial charge in [0, 0.05) is 6.42 Å². The van der Waals surface area contributed by atoms with E-state index in [9.17, 15) is 9.59 Å². The standard InChI is InChI=1S/C8H15NO2/c1-8(2,3)4-7(11)5-9-6-10/h6H,4-5H2,1-3H3,(H,9,10). The second kappa shape index (κ2) is 4.11. The molecule has 0 heterocycles. The summed E-state index contributed by atoms with van der Waals surface area (Å²) >= 11 is 0. The largest absolute Gasteiger partial charge is 0.352 e. The topological polar surface area (TPSA) is 46.2 Å². The molecule has 0 aromatic carbocycles. The van der Waals surface area contributed by atoms with Crippen LogP contribution in [-0.2, 0) is 9.59 Å². The zero-order chi connectivity index (χ0) is 8.91. The second-order valence-electron chi connectivity index (χ2n) is 3.77. The molecule has 0 atom stereocenters. The van der Waals surface area contributed by atoms with Crippen LogP contribution < -0.4 is 5.32 Å². The molecule has 0 bridgehead atoms. The molecule has 0 saturated heterocycles. The summed E-state index contributed by atoms with van der Waals surface area (Å²) in [5, 5.41) is 2.34. The number of amides is 1. The van der Waals surface area contributed by atoms with E-state index in [-0.39, 0.29) is 17.7 Å². The average Bonchev–Trinajstić information content (AvgIpc) is 1.79. The molecule has 64 valence electrons. The molecule has 0 aromatic rings. The Hall–Kier alpha value is -0.860. The molecule has 1 N–H and O–H groups in total. The van der Waals surface area contributed by atoms with Crippen molar-refractivity contribution in [1.29, 1.82) is 0 Å². The van der Waals surface area contributed by atoms with E-state index in [4.69, 9.17) is 0 Å². The zero-order valence-corrected chi connectivity index (χ0v) is 7.31. The number of ketones is 1. The van der Waals surface area contributed by atoms with Crippen molar-refractivity contribution in [3.8, 4) is 0 Å². The van der Waals surface area contributed by atoms with Gasteiger partial charge in [0.2, 0.25) is 6.41 Å². The Morgan fingerprint density at radius 2 is 2.00 bits per heavy atom. The van der Waals surface area contributed by atoms with E-state index in [0.717, 1.165) is 0 Å². The molecule has 1 amide bonds. The minimum Gasteiger partial charge on any atom is -0.352 e. The smallest absolute Gasteiger partial charge is 0.207 e. The maximum atomic E-state index is 11.0.